The second-order valence-corrected chi connectivity index (χ2v) is 9.68. The van der Waals surface area contributed by atoms with Crippen LogP contribution in [0.1, 0.15) is 41.6 Å². The molecule has 8 nitrogen and oxygen atoms in total. The number of rotatable bonds is 6. The summed E-state index contributed by atoms with van der Waals surface area (Å²) in [6.45, 7) is 3.15. The van der Waals surface area contributed by atoms with Crippen molar-refractivity contribution in [3.05, 3.63) is 41.0 Å². The Morgan fingerprint density at radius 3 is 2.79 bits per heavy atom. The molecular weight excluding hydrogens is 380 g/mol. The summed E-state index contributed by atoms with van der Waals surface area (Å²) in [6.07, 6.45) is 3.67. The first-order valence-corrected chi connectivity index (χ1v) is 11.4. The first-order chi connectivity index (χ1) is 13.4. The molecule has 4 rings (SSSR count). The molecule has 1 saturated heterocycles. The lowest BCUT2D eigenvalue weighted by atomic mass is 9.98. The van der Waals surface area contributed by atoms with Crippen LogP contribution in [-0.4, -0.2) is 60.8 Å². The number of hydrogen-bond acceptors (Lipinski definition) is 7. The lowest BCUT2D eigenvalue weighted by Gasteiger charge is -2.28. The standard InChI is InChI=1S/C19H26N4O4S/c1-22(12-14-3-4-17-16(11-14)7-10-26-17)13-18-20-19(21-27-18)15-5-8-23(9-6-15)28(2,24)25/h3-4,11,15H,5-10,12-13H2,1-2H3. The zero-order valence-electron chi connectivity index (χ0n) is 16.3. The van der Waals surface area contributed by atoms with Crippen molar-refractivity contribution < 1.29 is 17.7 Å². The third-order valence-electron chi connectivity index (χ3n) is 5.38. The van der Waals surface area contributed by atoms with Gasteiger partial charge in [0.25, 0.3) is 0 Å². The normalized spacial score (nSPS) is 18.4. The summed E-state index contributed by atoms with van der Waals surface area (Å²) < 4.78 is 35.8. The minimum Gasteiger partial charge on any atom is -0.493 e. The van der Waals surface area contributed by atoms with Gasteiger partial charge in [-0.1, -0.05) is 17.3 Å². The van der Waals surface area contributed by atoms with Gasteiger partial charge in [-0.2, -0.15) is 4.98 Å². The average Bonchev–Trinajstić information content (AvgIpc) is 3.30. The molecule has 1 fully saturated rings. The molecule has 28 heavy (non-hydrogen) atoms. The van der Waals surface area contributed by atoms with Crippen molar-refractivity contribution in [3.8, 4) is 5.75 Å². The minimum atomic E-state index is -3.12. The lowest BCUT2D eigenvalue weighted by Crippen LogP contribution is -2.37. The Morgan fingerprint density at radius 2 is 2.04 bits per heavy atom. The van der Waals surface area contributed by atoms with Gasteiger partial charge < -0.3 is 9.26 Å². The van der Waals surface area contributed by atoms with E-state index in [-0.39, 0.29) is 5.92 Å². The van der Waals surface area contributed by atoms with Crippen LogP contribution >= 0.6 is 0 Å². The fourth-order valence-corrected chi connectivity index (χ4v) is 4.75. The highest BCUT2D eigenvalue weighted by molar-refractivity contribution is 7.88. The van der Waals surface area contributed by atoms with Gasteiger partial charge in [0.2, 0.25) is 15.9 Å². The van der Waals surface area contributed by atoms with Crippen LogP contribution in [0.2, 0.25) is 0 Å². The maximum atomic E-state index is 11.6. The summed E-state index contributed by atoms with van der Waals surface area (Å²) in [5.41, 5.74) is 2.51. The predicted molar refractivity (Wildman–Crippen MR) is 104 cm³/mol. The van der Waals surface area contributed by atoms with E-state index in [0.29, 0.717) is 31.3 Å². The first-order valence-electron chi connectivity index (χ1n) is 9.59. The van der Waals surface area contributed by atoms with Crippen molar-refractivity contribution in [1.29, 1.82) is 0 Å². The third kappa shape index (κ3) is 4.37. The van der Waals surface area contributed by atoms with Gasteiger partial charge in [0.05, 0.1) is 19.4 Å². The van der Waals surface area contributed by atoms with Gasteiger partial charge in [-0.05, 0) is 37.1 Å². The molecule has 9 heteroatoms. The maximum Gasteiger partial charge on any atom is 0.240 e. The van der Waals surface area contributed by atoms with Crippen molar-refractivity contribution in [1.82, 2.24) is 19.3 Å². The number of sulfonamides is 1. The Bertz CT molecular complexity index is 935. The van der Waals surface area contributed by atoms with Crippen LogP contribution in [0.4, 0.5) is 0 Å². The summed E-state index contributed by atoms with van der Waals surface area (Å²) in [6, 6.07) is 6.34. The van der Waals surface area contributed by atoms with Gasteiger partial charge >= 0.3 is 0 Å². The van der Waals surface area contributed by atoms with Crippen molar-refractivity contribution in [2.45, 2.75) is 38.3 Å². The molecule has 0 radical (unpaired) electrons. The van der Waals surface area contributed by atoms with Crippen molar-refractivity contribution >= 4 is 10.0 Å². The van der Waals surface area contributed by atoms with Crippen LogP contribution in [0.25, 0.3) is 0 Å². The van der Waals surface area contributed by atoms with E-state index in [2.05, 4.69) is 27.2 Å². The maximum absolute atomic E-state index is 11.6. The van der Waals surface area contributed by atoms with Gasteiger partial charge in [-0.15, -0.1) is 0 Å². The third-order valence-corrected chi connectivity index (χ3v) is 6.69. The van der Waals surface area contributed by atoms with E-state index in [1.165, 1.54) is 21.7 Å². The second-order valence-electron chi connectivity index (χ2n) is 7.70. The molecule has 0 N–H and O–H groups in total. The predicted octanol–water partition coefficient (Wildman–Crippen LogP) is 1.78. The molecule has 0 unspecified atom stereocenters. The second kappa shape index (κ2) is 7.81. The lowest BCUT2D eigenvalue weighted by molar-refractivity contribution is 0.258. The van der Waals surface area contributed by atoms with E-state index >= 15 is 0 Å². The summed E-state index contributed by atoms with van der Waals surface area (Å²) in [4.78, 5) is 6.69. The minimum absolute atomic E-state index is 0.150. The Kier molecular flexibility index (Phi) is 5.39. The molecule has 2 aromatic rings. The summed E-state index contributed by atoms with van der Waals surface area (Å²) in [5.74, 6) is 2.42. The number of fused-ring (bicyclic) bond motifs is 1. The Hall–Kier alpha value is -1.97. The van der Waals surface area contributed by atoms with Gasteiger partial charge in [0.15, 0.2) is 5.82 Å². The van der Waals surface area contributed by atoms with E-state index in [0.717, 1.165) is 38.2 Å². The van der Waals surface area contributed by atoms with Gasteiger partial charge in [-0.25, -0.2) is 12.7 Å². The van der Waals surface area contributed by atoms with Crippen molar-refractivity contribution in [3.63, 3.8) is 0 Å². The summed E-state index contributed by atoms with van der Waals surface area (Å²) >= 11 is 0. The SMILES string of the molecule is CN(Cc1ccc2c(c1)CCO2)Cc1nc(C2CCN(S(C)(=O)=O)CC2)no1. The monoisotopic (exact) mass is 406 g/mol. The van der Waals surface area contributed by atoms with E-state index in [1.807, 2.05) is 13.1 Å². The van der Waals surface area contributed by atoms with Gasteiger partial charge in [0.1, 0.15) is 5.75 Å². The van der Waals surface area contributed by atoms with Crippen LogP contribution in [0, 0.1) is 0 Å². The van der Waals surface area contributed by atoms with Crippen LogP contribution < -0.4 is 4.74 Å². The number of benzene rings is 1. The summed E-state index contributed by atoms with van der Waals surface area (Å²) in [7, 11) is -1.10. The van der Waals surface area contributed by atoms with E-state index in [9.17, 15) is 8.42 Å². The molecular formula is C19H26N4O4S. The molecule has 3 heterocycles. The Balaban J connectivity index is 1.32. The van der Waals surface area contributed by atoms with Crippen LogP contribution in [0.3, 0.4) is 0 Å². The number of piperidine rings is 1. The quantitative estimate of drug-likeness (QED) is 0.722. The fraction of sp³-hybridized carbons (Fsp3) is 0.579. The van der Waals surface area contributed by atoms with E-state index < -0.39 is 10.0 Å². The van der Waals surface area contributed by atoms with Crippen molar-refractivity contribution in [2.24, 2.45) is 0 Å². The zero-order valence-corrected chi connectivity index (χ0v) is 17.1. The highest BCUT2D eigenvalue weighted by Crippen LogP contribution is 2.28. The molecule has 0 atom stereocenters. The van der Waals surface area contributed by atoms with Gasteiger partial charge in [-0.3, -0.25) is 4.90 Å². The number of nitrogens with zero attached hydrogens (tertiary/aromatic N) is 4. The molecule has 2 aliphatic rings. The molecule has 0 bridgehead atoms. The smallest absolute Gasteiger partial charge is 0.240 e. The summed E-state index contributed by atoms with van der Waals surface area (Å²) in [5, 5.41) is 4.14. The largest absolute Gasteiger partial charge is 0.493 e. The number of aromatic nitrogens is 2. The Labute approximate surface area is 165 Å². The zero-order chi connectivity index (χ0) is 19.7. The number of ether oxygens (including phenoxy) is 1. The fourth-order valence-electron chi connectivity index (χ4n) is 3.88. The molecule has 1 aromatic carbocycles. The van der Waals surface area contributed by atoms with Crippen LogP contribution in [0.15, 0.2) is 22.7 Å². The number of hydrogen-bond donors (Lipinski definition) is 0. The molecule has 0 saturated carbocycles. The molecule has 2 aliphatic heterocycles. The van der Waals surface area contributed by atoms with Crippen LogP contribution in [-0.2, 0) is 29.5 Å². The highest BCUT2D eigenvalue weighted by Gasteiger charge is 2.28. The first kappa shape index (κ1) is 19.4. The van der Waals surface area contributed by atoms with E-state index in [1.54, 1.807) is 0 Å². The molecule has 0 aliphatic carbocycles. The van der Waals surface area contributed by atoms with Crippen molar-refractivity contribution in [2.75, 3.05) is 33.0 Å². The molecule has 152 valence electrons. The van der Waals surface area contributed by atoms with Gasteiger partial charge in [0, 0.05) is 32.0 Å². The average molecular weight is 407 g/mol. The molecule has 1 aromatic heterocycles. The molecule has 0 spiro atoms. The highest BCUT2D eigenvalue weighted by atomic mass is 32.2. The van der Waals surface area contributed by atoms with Crippen LogP contribution in [0.5, 0.6) is 5.75 Å². The topological polar surface area (TPSA) is 88.8 Å². The molecule has 0 amide bonds. The Morgan fingerprint density at radius 1 is 1.25 bits per heavy atom. The van der Waals surface area contributed by atoms with E-state index in [4.69, 9.17) is 9.26 Å².